The van der Waals surface area contributed by atoms with Gasteiger partial charge in [0, 0.05) is 33.9 Å². The number of ether oxygens (including phenoxy) is 6. The van der Waals surface area contributed by atoms with Crippen molar-refractivity contribution in [2.75, 3.05) is 13.7 Å². The molecule has 5 unspecified atom stereocenters. The summed E-state index contributed by atoms with van der Waals surface area (Å²) in [6.07, 6.45) is -4.95. The summed E-state index contributed by atoms with van der Waals surface area (Å²) in [5.41, 5.74) is -0.400. The maximum Gasteiger partial charge on any atom is 0.303 e. The number of rotatable bonds is 7. The van der Waals surface area contributed by atoms with Crippen molar-refractivity contribution in [3.05, 3.63) is 22.6 Å². The zero-order chi connectivity index (χ0) is 25.9. The number of methoxy groups -OCH3 is 1. The van der Waals surface area contributed by atoms with E-state index in [9.17, 15) is 24.0 Å². The van der Waals surface area contributed by atoms with E-state index in [4.69, 9.17) is 28.4 Å². The van der Waals surface area contributed by atoms with E-state index in [-0.39, 0.29) is 23.7 Å². The predicted molar refractivity (Wildman–Crippen MR) is 114 cm³/mol. The van der Waals surface area contributed by atoms with E-state index in [2.05, 4.69) is 9.97 Å². The average molecular weight is 495 g/mol. The van der Waals surface area contributed by atoms with Crippen LogP contribution in [0.3, 0.4) is 0 Å². The molecule has 2 aromatic heterocycles. The van der Waals surface area contributed by atoms with Crippen LogP contribution in [-0.4, -0.2) is 76.5 Å². The monoisotopic (exact) mass is 495 g/mol. The van der Waals surface area contributed by atoms with Gasteiger partial charge >= 0.3 is 23.9 Å². The number of hydrogen-bond donors (Lipinski definition) is 1. The van der Waals surface area contributed by atoms with Gasteiger partial charge in [-0.15, -0.1) is 0 Å². The molecular weight excluding hydrogens is 470 g/mol. The van der Waals surface area contributed by atoms with Gasteiger partial charge < -0.3 is 33.0 Å². The van der Waals surface area contributed by atoms with Gasteiger partial charge in [-0.25, -0.2) is 0 Å². The van der Waals surface area contributed by atoms with Crippen LogP contribution in [-0.2, 0) is 42.9 Å². The Labute approximate surface area is 198 Å². The Morgan fingerprint density at radius 1 is 0.971 bits per heavy atom. The van der Waals surface area contributed by atoms with Crippen LogP contribution >= 0.6 is 0 Å². The van der Waals surface area contributed by atoms with Gasteiger partial charge in [0.1, 0.15) is 12.7 Å². The van der Waals surface area contributed by atoms with Gasteiger partial charge in [-0.05, 0) is 6.07 Å². The Bertz CT molecular complexity index is 1190. The Morgan fingerprint density at radius 3 is 2.14 bits per heavy atom. The molecule has 0 spiro atoms. The number of nitrogens with zero attached hydrogens (tertiary/aromatic N) is 2. The highest BCUT2D eigenvalue weighted by Gasteiger charge is 2.53. The number of aromatic amines is 1. The lowest BCUT2D eigenvalue weighted by molar-refractivity contribution is -0.267. The molecule has 0 bridgehead atoms. The van der Waals surface area contributed by atoms with E-state index in [0.717, 1.165) is 20.8 Å². The molecular formula is C21H25N3O11. The molecule has 14 nitrogen and oxygen atoms in total. The molecule has 1 aliphatic rings. The lowest BCUT2D eigenvalue weighted by atomic mass is 9.97. The number of carbonyl (C=O) groups excluding carboxylic acids is 4. The van der Waals surface area contributed by atoms with Gasteiger partial charge in [0.25, 0.3) is 11.6 Å². The van der Waals surface area contributed by atoms with E-state index in [1.807, 2.05) is 0 Å². The van der Waals surface area contributed by atoms with Crippen LogP contribution < -0.4 is 10.3 Å². The second-order valence-electron chi connectivity index (χ2n) is 7.63. The number of fused-ring (bicyclic) bond motifs is 1. The van der Waals surface area contributed by atoms with Crippen molar-refractivity contribution in [2.24, 2.45) is 0 Å². The summed E-state index contributed by atoms with van der Waals surface area (Å²) in [4.78, 5) is 66.4. The standard InChI is InChI=1S/C21H25N3O11/c1-9(25)31-8-14-15(32-10(2)26)16(33-11(3)27)17(34-12(4)28)20(35-14)24-7-6-13-18(24)22-21(30-5)23-19(13)29/h6-7,14-17,20H,8H2,1-5H3,(H,22,23,29). The first-order valence-electron chi connectivity index (χ1n) is 10.5. The van der Waals surface area contributed by atoms with Gasteiger partial charge in [0.05, 0.1) is 12.5 Å². The molecule has 0 saturated carbocycles. The van der Waals surface area contributed by atoms with Crippen LogP contribution in [0.25, 0.3) is 11.0 Å². The summed E-state index contributed by atoms with van der Waals surface area (Å²) in [5, 5.41) is 0.165. The zero-order valence-electron chi connectivity index (χ0n) is 19.6. The fraction of sp³-hybridized carbons (Fsp3) is 0.524. The Balaban J connectivity index is 2.18. The van der Waals surface area contributed by atoms with Crippen LogP contribution in [0.4, 0.5) is 0 Å². The second kappa shape index (κ2) is 10.5. The summed E-state index contributed by atoms with van der Waals surface area (Å²) in [7, 11) is 1.31. The third kappa shape index (κ3) is 5.77. The summed E-state index contributed by atoms with van der Waals surface area (Å²) in [6.45, 7) is 4.17. The van der Waals surface area contributed by atoms with Gasteiger partial charge in [-0.2, -0.15) is 4.98 Å². The third-order valence-electron chi connectivity index (χ3n) is 4.99. The van der Waals surface area contributed by atoms with Crippen LogP contribution in [0.2, 0.25) is 0 Å². The fourth-order valence-corrected chi connectivity index (χ4v) is 3.75. The molecule has 3 heterocycles. The fourth-order valence-electron chi connectivity index (χ4n) is 3.75. The molecule has 3 rings (SSSR count). The lowest BCUT2D eigenvalue weighted by Crippen LogP contribution is -2.60. The summed E-state index contributed by atoms with van der Waals surface area (Å²) in [5.74, 6) is -2.89. The highest BCUT2D eigenvalue weighted by Crippen LogP contribution is 2.36. The molecule has 1 aliphatic heterocycles. The van der Waals surface area contributed by atoms with Crippen LogP contribution in [0.5, 0.6) is 6.01 Å². The topological polar surface area (TPSA) is 174 Å². The highest BCUT2D eigenvalue weighted by atomic mass is 16.7. The number of H-pyrrole nitrogens is 1. The maximum absolute atomic E-state index is 12.4. The number of hydrogen-bond acceptors (Lipinski definition) is 12. The van der Waals surface area contributed by atoms with E-state index in [1.54, 1.807) is 0 Å². The first-order valence-corrected chi connectivity index (χ1v) is 10.5. The van der Waals surface area contributed by atoms with Gasteiger partial charge in [-0.3, -0.25) is 29.0 Å². The number of nitrogens with one attached hydrogen (secondary N) is 1. The molecule has 35 heavy (non-hydrogen) atoms. The molecule has 2 aromatic rings. The highest BCUT2D eigenvalue weighted by molar-refractivity contribution is 5.75. The zero-order valence-corrected chi connectivity index (χ0v) is 19.6. The van der Waals surface area contributed by atoms with Gasteiger partial charge in [0.15, 0.2) is 30.2 Å². The van der Waals surface area contributed by atoms with Crippen LogP contribution in [0.1, 0.15) is 33.9 Å². The second-order valence-corrected chi connectivity index (χ2v) is 7.63. The molecule has 5 atom stereocenters. The minimum absolute atomic E-state index is 0.0897. The van der Waals surface area contributed by atoms with Gasteiger partial charge in [-0.1, -0.05) is 0 Å². The number of esters is 4. The number of aromatic nitrogens is 3. The van der Waals surface area contributed by atoms with Crippen molar-refractivity contribution in [3.8, 4) is 6.01 Å². The SMILES string of the molecule is COc1nc2c(ccn2C2OC(COC(C)=O)C(OC(C)=O)C(OC(C)=O)C2OC(C)=O)c(=O)[nH]1. The van der Waals surface area contributed by atoms with E-state index in [1.165, 1.54) is 30.9 Å². The van der Waals surface area contributed by atoms with Crippen molar-refractivity contribution < 1.29 is 47.6 Å². The normalized spacial score (nSPS) is 23.9. The smallest absolute Gasteiger partial charge is 0.303 e. The van der Waals surface area contributed by atoms with E-state index >= 15 is 0 Å². The molecule has 0 aliphatic carbocycles. The molecule has 1 N–H and O–H groups in total. The minimum atomic E-state index is -1.36. The first kappa shape index (κ1) is 25.7. The van der Waals surface area contributed by atoms with Crippen LogP contribution in [0, 0.1) is 0 Å². The Hall–Kier alpha value is -3.94. The minimum Gasteiger partial charge on any atom is -0.468 e. The Kier molecular flexibility index (Phi) is 7.74. The third-order valence-corrected chi connectivity index (χ3v) is 4.99. The molecule has 0 amide bonds. The Morgan fingerprint density at radius 2 is 1.57 bits per heavy atom. The van der Waals surface area contributed by atoms with E-state index < -0.39 is 60.1 Å². The van der Waals surface area contributed by atoms with Crippen molar-refractivity contribution in [3.63, 3.8) is 0 Å². The van der Waals surface area contributed by atoms with E-state index in [0.29, 0.717) is 0 Å². The van der Waals surface area contributed by atoms with Crippen molar-refractivity contribution >= 4 is 34.9 Å². The molecule has 1 fully saturated rings. The van der Waals surface area contributed by atoms with Crippen LogP contribution in [0.15, 0.2) is 17.1 Å². The molecule has 0 radical (unpaired) electrons. The van der Waals surface area contributed by atoms with Crippen molar-refractivity contribution in [2.45, 2.75) is 58.3 Å². The molecule has 14 heteroatoms. The van der Waals surface area contributed by atoms with Crippen molar-refractivity contribution in [1.29, 1.82) is 0 Å². The maximum atomic E-state index is 12.4. The quantitative estimate of drug-likeness (QED) is 0.402. The summed E-state index contributed by atoms with van der Waals surface area (Å²) >= 11 is 0. The largest absolute Gasteiger partial charge is 0.468 e. The van der Waals surface area contributed by atoms with Gasteiger partial charge in [0.2, 0.25) is 0 Å². The molecule has 0 aromatic carbocycles. The average Bonchev–Trinajstić information content (AvgIpc) is 3.18. The van der Waals surface area contributed by atoms with Crippen molar-refractivity contribution in [1.82, 2.24) is 14.5 Å². The molecule has 190 valence electrons. The number of carbonyl (C=O) groups is 4. The summed E-state index contributed by atoms with van der Waals surface area (Å²) < 4.78 is 33.8. The molecule has 1 saturated heterocycles. The summed E-state index contributed by atoms with van der Waals surface area (Å²) in [6, 6.07) is 1.36. The predicted octanol–water partition coefficient (Wildman–Crippen LogP) is -0.0112. The lowest BCUT2D eigenvalue weighted by Gasteiger charge is -2.44. The first-order chi connectivity index (χ1) is 16.5.